The zero-order chi connectivity index (χ0) is 22.1. The zero-order valence-corrected chi connectivity index (χ0v) is 17.4. The van der Waals surface area contributed by atoms with Crippen molar-refractivity contribution in [2.45, 2.75) is 26.4 Å². The van der Waals surface area contributed by atoms with Crippen molar-refractivity contribution in [2.75, 3.05) is 13.2 Å². The molecule has 8 heteroatoms. The lowest BCUT2D eigenvalue weighted by Crippen LogP contribution is -2.28. The lowest BCUT2D eigenvalue weighted by molar-refractivity contribution is 0.0517. The standard InChI is InChI=1S/C23H24N4O4/c1-3-30-22(28)17-10-7-13-25-19(17)21(27-15-16-9-5-6-12-24-16)20-18(11-8-14-26-20)23(29)31-4-2/h5-14,21,27H,3-4,15H2,1-2H3. The summed E-state index contributed by atoms with van der Waals surface area (Å²) in [5.41, 5.74) is 2.18. The highest BCUT2D eigenvalue weighted by atomic mass is 16.5. The molecule has 0 radical (unpaired) electrons. The first kappa shape index (κ1) is 22.0. The fourth-order valence-corrected chi connectivity index (χ4v) is 3.09. The Balaban J connectivity index is 2.07. The van der Waals surface area contributed by atoms with E-state index in [0.717, 1.165) is 5.69 Å². The molecule has 3 aromatic rings. The maximum atomic E-state index is 12.6. The molecule has 3 rings (SSSR count). The molecule has 0 aromatic carbocycles. The molecule has 0 saturated heterocycles. The van der Waals surface area contributed by atoms with Crippen molar-refractivity contribution in [3.8, 4) is 0 Å². The third-order valence-electron chi connectivity index (χ3n) is 4.43. The van der Waals surface area contributed by atoms with E-state index in [1.54, 1.807) is 56.7 Å². The summed E-state index contributed by atoms with van der Waals surface area (Å²) in [7, 11) is 0. The largest absolute Gasteiger partial charge is 0.462 e. The second-order valence-corrected chi connectivity index (χ2v) is 6.45. The first-order valence-corrected chi connectivity index (χ1v) is 10.0. The highest BCUT2D eigenvalue weighted by molar-refractivity contribution is 5.92. The lowest BCUT2D eigenvalue weighted by atomic mass is 9.99. The van der Waals surface area contributed by atoms with Crippen LogP contribution in [0, 0.1) is 0 Å². The molecule has 8 nitrogen and oxygen atoms in total. The van der Waals surface area contributed by atoms with E-state index < -0.39 is 18.0 Å². The maximum Gasteiger partial charge on any atom is 0.340 e. The minimum Gasteiger partial charge on any atom is -0.462 e. The Morgan fingerprint density at radius 2 is 1.35 bits per heavy atom. The molecule has 0 aliphatic carbocycles. The van der Waals surface area contributed by atoms with Crippen LogP contribution in [0.5, 0.6) is 0 Å². The van der Waals surface area contributed by atoms with Gasteiger partial charge in [0.2, 0.25) is 0 Å². The monoisotopic (exact) mass is 420 g/mol. The van der Waals surface area contributed by atoms with E-state index in [1.807, 2.05) is 18.2 Å². The summed E-state index contributed by atoms with van der Waals surface area (Å²) in [6.07, 6.45) is 4.86. The van der Waals surface area contributed by atoms with Gasteiger partial charge in [-0.05, 0) is 50.2 Å². The van der Waals surface area contributed by atoms with Crippen molar-refractivity contribution < 1.29 is 19.1 Å². The Kier molecular flexibility index (Phi) is 7.78. The minimum absolute atomic E-state index is 0.233. The molecule has 31 heavy (non-hydrogen) atoms. The molecule has 160 valence electrons. The maximum absolute atomic E-state index is 12.6. The molecular formula is C23H24N4O4. The van der Waals surface area contributed by atoms with Gasteiger partial charge in [-0.25, -0.2) is 9.59 Å². The van der Waals surface area contributed by atoms with Crippen LogP contribution in [0.3, 0.4) is 0 Å². The van der Waals surface area contributed by atoms with Gasteiger partial charge in [0.1, 0.15) is 0 Å². The molecule has 0 spiro atoms. The van der Waals surface area contributed by atoms with Gasteiger partial charge in [0.05, 0.1) is 47.5 Å². The summed E-state index contributed by atoms with van der Waals surface area (Å²) in [6.45, 7) is 4.31. The SMILES string of the molecule is CCOC(=O)c1cccnc1C(NCc1ccccn1)c1ncccc1C(=O)OCC. The zero-order valence-electron chi connectivity index (χ0n) is 17.4. The first-order chi connectivity index (χ1) is 15.2. The summed E-state index contributed by atoms with van der Waals surface area (Å²) in [6, 6.07) is 11.5. The molecule has 0 aliphatic heterocycles. The van der Waals surface area contributed by atoms with Crippen molar-refractivity contribution >= 4 is 11.9 Å². The number of aromatic nitrogens is 3. The van der Waals surface area contributed by atoms with E-state index in [1.165, 1.54) is 0 Å². The summed E-state index contributed by atoms with van der Waals surface area (Å²) in [5, 5.41) is 3.34. The Bertz CT molecular complexity index is 965. The van der Waals surface area contributed by atoms with E-state index in [0.29, 0.717) is 29.1 Å². The average molecular weight is 420 g/mol. The van der Waals surface area contributed by atoms with E-state index >= 15 is 0 Å². The van der Waals surface area contributed by atoms with Crippen molar-refractivity contribution in [3.63, 3.8) is 0 Å². The van der Waals surface area contributed by atoms with Crippen LogP contribution in [0.2, 0.25) is 0 Å². The summed E-state index contributed by atoms with van der Waals surface area (Å²) < 4.78 is 10.4. The van der Waals surface area contributed by atoms with Crippen LogP contribution in [0.1, 0.15) is 57.7 Å². The smallest absolute Gasteiger partial charge is 0.340 e. The van der Waals surface area contributed by atoms with Crippen molar-refractivity contribution in [1.82, 2.24) is 20.3 Å². The van der Waals surface area contributed by atoms with Crippen molar-refractivity contribution in [3.05, 3.63) is 89.3 Å². The number of nitrogens with zero attached hydrogens (tertiary/aromatic N) is 3. The van der Waals surface area contributed by atoms with Gasteiger partial charge in [-0.1, -0.05) is 6.07 Å². The van der Waals surface area contributed by atoms with Crippen LogP contribution in [0.25, 0.3) is 0 Å². The molecule has 0 atom stereocenters. The van der Waals surface area contributed by atoms with Gasteiger partial charge in [0, 0.05) is 25.1 Å². The van der Waals surface area contributed by atoms with Gasteiger partial charge >= 0.3 is 11.9 Å². The second kappa shape index (κ2) is 10.9. The molecule has 3 heterocycles. The Morgan fingerprint density at radius 1 is 0.806 bits per heavy atom. The number of rotatable bonds is 9. The van der Waals surface area contributed by atoms with Gasteiger partial charge in [-0.2, -0.15) is 0 Å². The van der Waals surface area contributed by atoms with Crippen molar-refractivity contribution in [2.24, 2.45) is 0 Å². The molecule has 0 aliphatic rings. The van der Waals surface area contributed by atoms with E-state index in [2.05, 4.69) is 20.3 Å². The Morgan fingerprint density at radius 3 is 1.84 bits per heavy atom. The van der Waals surface area contributed by atoms with Crippen molar-refractivity contribution in [1.29, 1.82) is 0 Å². The van der Waals surface area contributed by atoms with Gasteiger partial charge < -0.3 is 9.47 Å². The fraction of sp³-hybridized carbons (Fsp3) is 0.261. The summed E-state index contributed by atoms with van der Waals surface area (Å²) >= 11 is 0. The Labute approximate surface area is 180 Å². The van der Waals surface area contributed by atoms with Crippen LogP contribution in [-0.4, -0.2) is 40.1 Å². The normalized spacial score (nSPS) is 10.7. The van der Waals surface area contributed by atoms with Crippen LogP contribution < -0.4 is 5.32 Å². The topological polar surface area (TPSA) is 103 Å². The van der Waals surface area contributed by atoms with Gasteiger partial charge in [-0.3, -0.25) is 20.3 Å². The number of carbonyl (C=O) groups is 2. The number of hydrogen-bond acceptors (Lipinski definition) is 8. The fourth-order valence-electron chi connectivity index (χ4n) is 3.09. The van der Waals surface area contributed by atoms with Crippen LogP contribution in [0.15, 0.2) is 61.1 Å². The molecular weight excluding hydrogens is 396 g/mol. The Hall–Kier alpha value is -3.65. The quantitative estimate of drug-likeness (QED) is 0.527. The molecule has 0 unspecified atom stereocenters. The summed E-state index contributed by atoms with van der Waals surface area (Å²) in [5.74, 6) is -0.993. The molecule has 0 amide bonds. The van der Waals surface area contributed by atoms with Crippen LogP contribution >= 0.6 is 0 Å². The predicted molar refractivity (Wildman–Crippen MR) is 113 cm³/mol. The number of esters is 2. The molecule has 3 aromatic heterocycles. The average Bonchev–Trinajstić information content (AvgIpc) is 2.81. The predicted octanol–water partition coefficient (Wildman–Crippen LogP) is 3.10. The summed E-state index contributed by atoms with van der Waals surface area (Å²) in [4.78, 5) is 38.4. The molecule has 0 bridgehead atoms. The highest BCUT2D eigenvalue weighted by Crippen LogP contribution is 2.26. The number of nitrogens with one attached hydrogen (secondary N) is 1. The van der Waals surface area contributed by atoms with Gasteiger partial charge in [0.15, 0.2) is 0 Å². The third kappa shape index (κ3) is 5.49. The number of pyridine rings is 3. The highest BCUT2D eigenvalue weighted by Gasteiger charge is 2.28. The number of ether oxygens (including phenoxy) is 2. The number of carbonyl (C=O) groups excluding carboxylic acids is 2. The molecule has 0 saturated carbocycles. The van der Waals surface area contributed by atoms with Gasteiger partial charge in [0.25, 0.3) is 0 Å². The van der Waals surface area contributed by atoms with E-state index in [9.17, 15) is 9.59 Å². The first-order valence-electron chi connectivity index (χ1n) is 10.0. The van der Waals surface area contributed by atoms with Gasteiger partial charge in [-0.15, -0.1) is 0 Å². The van der Waals surface area contributed by atoms with E-state index in [-0.39, 0.29) is 13.2 Å². The van der Waals surface area contributed by atoms with Crippen LogP contribution in [0.4, 0.5) is 0 Å². The molecule has 0 fully saturated rings. The lowest BCUT2D eigenvalue weighted by Gasteiger charge is -2.21. The van der Waals surface area contributed by atoms with Crippen LogP contribution in [-0.2, 0) is 16.0 Å². The third-order valence-corrected chi connectivity index (χ3v) is 4.43. The van der Waals surface area contributed by atoms with E-state index in [4.69, 9.17) is 9.47 Å². The second-order valence-electron chi connectivity index (χ2n) is 6.45. The number of hydrogen-bond donors (Lipinski definition) is 1. The minimum atomic E-state index is -0.678. The molecule has 1 N–H and O–H groups in total.